The van der Waals surface area contributed by atoms with Gasteiger partial charge >= 0.3 is 0 Å². The molecule has 0 amide bonds. The van der Waals surface area contributed by atoms with Gasteiger partial charge in [-0.2, -0.15) is 5.26 Å². The Kier molecular flexibility index (Phi) is 14.2. The van der Waals surface area contributed by atoms with E-state index in [-0.39, 0.29) is 5.82 Å². The van der Waals surface area contributed by atoms with E-state index in [0.29, 0.717) is 23.1 Å². The number of nitrogens with zero attached hydrogens (tertiary/aromatic N) is 2. The molecule has 0 saturated heterocycles. The van der Waals surface area contributed by atoms with E-state index in [1.54, 1.807) is 0 Å². The zero-order valence-corrected chi connectivity index (χ0v) is 21.2. The third-order valence-electron chi connectivity index (χ3n) is 5.01. The average Bonchev–Trinajstić information content (AvgIpc) is 2.80. The second-order valence-corrected chi connectivity index (χ2v) is 7.25. The molecule has 0 saturated carbocycles. The van der Waals surface area contributed by atoms with Crippen LogP contribution >= 0.6 is 0 Å². The van der Waals surface area contributed by atoms with Crippen LogP contribution in [-0.2, 0) is 12.8 Å². The number of benzene rings is 1. The van der Waals surface area contributed by atoms with Crippen LogP contribution in [0.3, 0.4) is 0 Å². The number of pyridine rings is 1. The first-order chi connectivity index (χ1) is 15.5. The molecule has 2 rings (SSSR count). The predicted octanol–water partition coefficient (Wildman–Crippen LogP) is 7.79. The van der Waals surface area contributed by atoms with Crippen LogP contribution in [0.2, 0.25) is 0 Å². The van der Waals surface area contributed by atoms with Crippen LogP contribution < -0.4 is 5.73 Å². The summed E-state index contributed by atoms with van der Waals surface area (Å²) >= 11 is 0. The number of terminal acetylenes is 1. The molecule has 3 nitrogen and oxygen atoms in total. The lowest BCUT2D eigenvalue weighted by atomic mass is 9.90. The Hall–Kier alpha value is -3.04. The summed E-state index contributed by atoms with van der Waals surface area (Å²) < 4.78 is 0. The van der Waals surface area contributed by atoms with E-state index in [1.165, 1.54) is 11.1 Å². The van der Waals surface area contributed by atoms with Crippen molar-refractivity contribution in [2.75, 3.05) is 5.73 Å². The Bertz CT molecular complexity index is 956. The fraction of sp³-hybridized carbons (Fsp3) is 0.448. The van der Waals surface area contributed by atoms with Gasteiger partial charge in [0, 0.05) is 12.0 Å². The van der Waals surface area contributed by atoms with Crippen molar-refractivity contribution in [1.29, 1.82) is 5.26 Å². The summed E-state index contributed by atoms with van der Waals surface area (Å²) in [6.07, 6.45) is 11.7. The minimum Gasteiger partial charge on any atom is -0.383 e. The minimum atomic E-state index is 0.225. The van der Waals surface area contributed by atoms with E-state index >= 15 is 0 Å². The van der Waals surface area contributed by atoms with Crippen molar-refractivity contribution < 1.29 is 0 Å². The van der Waals surface area contributed by atoms with Gasteiger partial charge in [-0.3, -0.25) is 0 Å². The highest BCUT2D eigenvalue weighted by atomic mass is 14.9. The Labute approximate surface area is 196 Å². The predicted molar refractivity (Wildman–Crippen MR) is 141 cm³/mol. The molecule has 0 fully saturated rings. The van der Waals surface area contributed by atoms with Crippen molar-refractivity contribution in [1.82, 2.24) is 4.98 Å². The van der Waals surface area contributed by atoms with Gasteiger partial charge in [-0.15, -0.1) is 6.42 Å². The van der Waals surface area contributed by atoms with Gasteiger partial charge in [-0.25, -0.2) is 4.98 Å². The van der Waals surface area contributed by atoms with Crippen molar-refractivity contribution in [3.05, 3.63) is 58.3 Å². The first-order valence-electron chi connectivity index (χ1n) is 11.9. The molecule has 2 N–H and O–H groups in total. The lowest BCUT2D eigenvalue weighted by Gasteiger charge is -2.16. The fourth-order valence-electron chi connectivity index (χ4n) is 3.52. The van der Waals surface area contributed by atoms with E-state index in [4.69, 9.17) is 12.2 Å². The molecule has 172 valence electrons. The molecule has 0 unspecified atom stereocenters. The highest BCUT2D eigenvalue weighted by Gasteiger charge is 2.19. The van der Waals surface area contributed by atoms with Crippen LogP contribution in [0.5, 0.6) is 0 Å². The maximum atomic E-state index is 9.72. The number of nitrogens with two attached hydrogens (primary N) is 1. The number of hydrogen-bond donors (Lipinski definition) is 1. The van der Waals surface area contributed by atoms with Gasteiger partial charge in [-0.05, 0) is 42.9 Å². The van der Waals surface area contributed by atoms with E-state index in [0.717, 1.165) is 48.9 Å². The average molecular weight is 432 g/mol. The zero-order chi connectivity index (χ0) is 24.7. The number of aryl methyl sites for hydroxylation is 2. The summed E-state index contributed by atoms with van der Waals surface area (Å²) in [5, 5.41) is 9.72. The summed E-state index contributed by atoms with van der Waals surface area (Å²) in [5.41, 5.74) is 13.1. The number of nitrogen functional groups attached to an aromatic ring is 1. The molecule has 3 heteroatoms. The Morgan fingerprint density at radius 1 is 1.12 bits per heavy atom. The number of rotatable bonds is 8. The molecular weight excluding hydrogens is 390 g/mol. The number of aromatic nitrogens is 1. The number of allylic oxidation sites excluding steroid dienone is 1. The van der Waals surface area contributed by atoms with Crippen LogP contribution in [0.15, 0.2) is 30.4 Å². The summed E-state index contributed by atoms with van der Waals surface area (Å²) in [6, 6.07) is 8.48. The molecule has 0 aliphatic heterocycles. The topological polar surface area (TPSA) is 62.7 Å². The standard InChI is InChI=1S/C25H29N3.2C2H6/c1-6-9-11-19-12-13-20(15-18(19)5)24-21(8-3)23(14-17(4)10-7-2)28-25(27)22(24)16-26;2*1-2/h3,12-13,15H,4,6-7,9-11,14H2,1-2,5H3,(H2,27,28);2*1-2H3. The van der Waals surface area contributed by atoms with E-state index in [1.807, 2.05) is 33.8 Å². The molecule has 1 aromatic heterocycles. The second kappa shape index (κ2) is 15.7. The highest BCUT2D eigenvalue weighted by Crippen LogP contribution is 2.34. The van der Waals surface area contributed by atoms with Gasteiger partial charge in [0.1, 0.15) is 17.5 Å². The van der Waals surface area contributed by atoms with Crippen molar-refractivity contribution >= 4 is 5.82 Å². The normalized spacial score (nSPS) is 9.41. The summed E-state index contributed by atoms with van der Waals surface area (Å²) in [5.74, 6) is 3.00. The molecule has 0 bridgehead atoms. The Morgan fingerprint density at radius 2 is 1.78 bits per heavy atom. The van der Waals surface area contributed by atoms with Crippen LogP contribution in [0.4, 0.5) is 5.82 Å². The van der Waals surface area contributed by atoms with Gasteiger partial charge in [-0.1, -0.05) is 90.7 Å². The number of anilines is 1. The third-order valence-corrected chi connectivity index (χ3v) is 5.01. The van der Waals surface area contributed by atoms with Gasteiger partial charge in [0.05, 0.1) is 11.3 Å². The minimum absolute atomic E-state index is 0.225. The van der Waals surface area contributed by atoms with Crippen molar-refractivity contribution in [3.63, 3.8) is 0 Å². The SMILES string of the molecule is C#Cc1c(CC(=C)CCC)nc(N)c(C#N)c1-c1ccc(CCCC)c(C)c1.CC.CC. The van der Waals surface area contributed by atoms with Crippen molar-refractivity contribution in [3.8, 4) is 29.5 Å². The van der Waals surface area contributed by atoms with E-state index in [2.05, 4.69) is 56.5 Å². The molecule has 1 heterocycles. The molecule has 0 spiro atoms. The van der Waals surface area contributed by atoms with Crippen LogP contribution in [0.25, 0.3) is 11.1 Å². The van der Waals surface area contributed by atoms with E-state index < -0.39 is 0 Å². The van der Waals surface area contributed by atoms with Crippen molar-refractivity contribution in [2.45, 2.75) is 87.0 Å². The Balaban J connectivity index is 0.00000227. The van der Waals surface area contributed by atoms with Crippen LogP contribution in [0, 0.1) is 30.6 Å². The maximum absolute atomic E-state index is 9.72. The van der Waals surface area contributed by atoms with Crippen LogP contribution in [-0.4, -0.2) is 4.98 Å². The highest BCUT2D eigenvalue weighted by molar-refractivity contribution is 5.82. The summed E-state index contributed by atoms with van der Waals surface area (Å²) in [7, 11) is 0. The lowest BCUT2D eigenvalue weighted by molar-refractivity contribution is 0.791. The molecule has 32 heavy (non-hydrogen) atoms. The first kappa shape index (κ1) is 29.0. The number of hydrogen-bond acceptors (Lipinski definition) is 3. The van der Waals surface area contributed by atoms with Gasteiger partial charge in [0.25, 0.3) is 0 Å². The van der Waals surface area contributed by atoms with Gasteiger partial charge < -0.3 is 5.73 Å². The van der Waals surface area contributed by atoms with Crippen molar-refractivity contribution in [2.24, 2.45) is 0 Å². The number of nitriles is 1. The maximum Gasteiger partial charge on any atom is 0.142 e. The Morgan fingerprint density at radius 3 is 2.28 bits per heavy atom. The smallest absolute Gasteiger partial charge is 0.142 e. The summed E-state index contributed by atoms with van der Waals surface area (Å²) in [4.78, 5) is 4.46. The molecule has 0 aliphatic rings. The molecule has 2 aromatic rings. The summed E-state index contributed by atoms with van der Waals surface area (Å²) in [6.45, 7) is 18.5. The molecule has 0 aliphatic carbocycles. The second-order valence-electron chi connectivity index (χ2n) is 7.25. The lowest BCUT2D eigenvalue weighted by Crippen LogP contribution is -2.07. The molecule has 0 atom stereocenters. The first-order valence-corrected chi connectivity index (χ1v) is 11.9. The third kappa shape index (κ3) is 7.58. The molecule has 0 radical (unpaired) electrons. The quantitative estimate of drug-likeness (QED) is 0.343. The largest absolute Gasteiger partial charge is 0.383 e. The zero-order valence-electron chi connectivity index (χ0n) is 21.2. The number of unbranched alkanes of at least 4 members (excludes halogenated alkanes) is 1. The fourth-order valence-corrected chi connectivity index (χ4v) is 3.52. The monoisotopic (exact) mass is 431 g/mol. The van der Waals surface area contributed by atoms with Gasteiger partial charge in [0.15, 0.2) is 0 Å². The molecular formula is C29H41N3. The molecule has 1 aromatic carbocycles. The van der Waals surface area contributed by atoms with Crippen LogP contribution in [0.1, 0.15) is 95.2 Å². The van der Waals surface area contributed by atoms with Gasteiger partial charge in [0.2, 0.25) is 0 Å². The van der Waals surface area contributed by atoms with E-state index in [9.17, 15) is 5.26 Å².